The molecule has 0 atom stereocenters. The third-order valence-corrected chi connectivity index (χ3v) is 3.37. The van der Waals surface area contributed by atoms with Crippen molar-refractivity contribution in [2.24, 2.45) is 0 Å². The lowest BCUT2D eigenvalue weighted by Crippen LogP contribution is -2.13. The van der Waals surface area contributed by atoms with E-state index in [0.29, 0.717) is 32.5 Å². The first-order valence-electron chi connectivity index (χ1n) is 5.69. The second kappa shape index (κ2) is 5.11. The highest BCUT2D eigenvalue weighted by Gasteiger charge is 2.12. The van der Waals surface area contributed by atoms with Gasteiger partial charge in [-0.1, -0.05) is 29.3 Å². The van der Waals surface area contributed by atoms with Gasteiger partial charge in [-0.25, -0.2) is 9.97 Å². The number of pyridine rings is 1. The first-order valence-corrected chi connectivity index (χ1v) is 6.45. The molecule has 100 valence electrons. The monoisotopic (exact) mass is 306 g/mol. The molecule has 0 fully saturated rings. The number of fused-ring (bicyclic) bond motifs is 1. The highest BCUT2D eigenvalue weighted by atomic mass is 35.5. The summed E-state index contributed by atoms with van der Waals surface area (Å²) in [7, 11) is 0. The first kappa shape index (κ1) is 12.9. The van der Waals surface area contributed by atoms with Crippen molar-refractivity contribution in [2.75, 3.05) is 5.32 Å². The molecular formula is C13H8Cl2N4O. The zero-order chi connectivity index (χ0) is 14.1. The molecule has 7 heteroatoms. The van der Waals surface area contributed by atoms with Crippen LogP contribution in [0.4, 0.5) is 5.69 Å². The summed E-state index contributed by atoms with van der Waals surface area (Å²) in [5.41, 5.74) is 2.00. The zero-order valence-corrected chi connectivity index (χ0v) is 11.5. The molecular weight excluding hydrogens is 299 g/mol. The number of halogens is 2. The molecule has 0 saturated heterocycles. The lowest BCUT2D eigenvalue weighted by molar-refractivity contribution is 0.102. The Labute approximate surface area is 124 Å². The van der Waals surface area contributed by atoms with Crippen molar-refractivity contribution in [1.82, 2.24) is 15.0 Å². The third-order valence-electron chi connectivity index (χ3n) is 2.74. The fraction of sp³-hybridized carbons (Fsp3) is 0. The number of nitrogens with one attached hydrogen (secondary N) is 2. The maximum atomic E-state index is 12.2. The molecule has 3 rings (SSSR count). The second-order valence-corrected chi connectivity index (χ2v) is 4.86. The quantitative estimate of drug-likeness (QED) is 0.761. The number of amides is 1. The van der Waals surface area contributed by atoms with E-state index in [1.165, 1.54) is 12.5 Å². The Morgan fingerprint density at radius 3 is 2.70 bits per heavy atom. The van der Waals surface area contributed by atoms with Crippen LogP contribution in [-0.4, -0.2) is 20.9 Å². The van der Waals surface area contributed by atoms with E-state index in [9.17, 15) is 4.79 Å². The Kier molecular flexibility index (Phi) is 3.30. The van der Waals surface area contributed by atoms with Crippen LogP contribution in [0.3, 0.4) is 0 Å². The predicted molar refractivity (Wildman–Crippen MR) is 78.3 cm³/mol. The van der Waals surface area contributed by atoms with Crippen molar-refractivity contribution < 1.29 is 4.79 Å². The smallest absolute Gasteiger partial charge is 0.257 e. The zero-order valence-electron chi connectivity index (χ0n) is 10.0. The summed E-state index contributed by atoms with van der Waals surface area (Å²) in [6.07, 6.45) is 2.97. The van der Waals surface area contributed by atoms with E-state index in [1.54, 1.807) is 24.3 Å². The number of H-pyrrole nitrogens is 1. The molecule has 0 aliphatic rings. The highest BCUT2D eigenvalue weighted by Crippen LogP contribution is 2.30. The van der Waals surface area contributed by atoms with Gasteiger partial charge in [-0.15, -0.1) is 0 Å². The lowest BCUT2D eigenvalue weighted by Gasteiger charge is -2.08. The van der Waals surface area contributed by atoms with E-state index >= 15 is 0 Å². The minimum atomic E-state index is -0.344. The fourth-order valence-corrected chi connectivity index (χ4v) is 2.25. The standard InChI is InChI=1S/C13H8Cl2N4O/c14-8-2-1-3-9(15)11(8)19-13(20)7-4-10-12(16-5-7)18-6-17-10/h1-6H,(H,19,20)(H,16,17,18). The molecule has 0 spiro atoms. The molecule has 5 nitrogen and oxygen atoms in total. The number of carbonyl (C=O) groups excluding carboxylic acids is 1. The van der Waals surface area contributed by atoms with Crippen molar-refractivity contribution in [1.29, 1.82) is 0 Å². The summed E-state index contributed by atoms with van der Waals surface area (Å²) in [4.78, 5) is 23.1. The second-order valence-electron chi connectivity index (χ2n) is 4.05. The van der Waals surface area contributed by atoms with Crippen molar-refractivity contribution in [2.45, 2.75) is 0 Å². The number of aromatic amines is 1. The molecule has 2 aromatic heterocycles. The minimum Gasteiger partial charge on any atom is -0.343 e. The van der Waals surface area contributed by atoms with Gasteiger partial charge in [-0.3, -0.25) is 4.79 Å². The van der Waals surface area contributed by atoms with Crippen molar-refractivity contribution in [3.63, 3.8) is 0 Å². The molecule has 3 aromatic rings. The summed E-state index contributed by atoms with van der Waals surface area (Å²) >= 11 is 12.0. The summed E-state index contributed by atoms with van der Waals surface area (Å²) in [5.74, 6) is -0.344. The molecule has 2 heterocycles. The Balaban J connectivity index is 1.92. The van der Waals surface area contributed by atoms with Crippen LogP contribution in [-0.2, 0) is 0 Å². The minimum absolute atomic E-state index is 0.344. The first-order chi connectivity index (χ1) is 9.65. The van der Waals surface area contributed by atoms with Crippen LogP contribution < -0.4 is 5.32 Å². The molecule has 0 saturated carbocycles. The summed E-state index contributed by atoms with van der Waals surface area (Å²) in [5, 5.41) is 3.43. The van der Waals surface area contributed by atoms with Crippen LogP contribution in [0, 0.1) is 0 Å². The molecule has 0 bridgehead atoms. The number of aromatic nitrogens is 3. The van der Waals surface area contributed by atoms with E-state index in [2.05, 4.69) is 20.3 Å². The number of anilines is 1. The SMILES string of the molecule is O=C(Nc1c(Cl)cccc1Cl)c1cnc2nc[nH]c2c1. The van der Waals surface area contributed by atoms with Crippen LogP contribution in [0.5, 0.6) is 0 Å². The van der Waals surface area contributed by atoms with Gasteiger partial charge < -0.3 is 10.3 Å². The molecule has 0 unspecified atom stereocenters. The van der Waals surface area contributed by atoms with E-state index in [0.717, 1.165) is 0 Å². The fourth-order valence-electron chi connectivity index (χ4n) is 1.76. The van der Waals surface area contributed by atoms with Gasteiger partial charge in [-0.2, -0.15) is 0 Å². The van der Waals surface area contributed by atoms with Crippen molar-refractivity contribution in [3.8, 4) is 0 Å². The molecule has 0 aliphatic carbocycles. The molecule has 2 N–H and O–H groups in total. The number of nitrogens with zero attached hydrogens (tertiary/aromatic N) is 2. The Hall–Kier alpha value is -2.11. The number of hydrogen-bond donors (Lipinski definition) is 2. The normalized spacial score (nSPS) is 10.7. The number of hydrogen-bond acceptors (Lipinski definition) is 3. The number of carbonyl (C=O) groups is 1. The third kappa shape index (κ3) is 2.33. The van der Waals surface area contributed by atoms with Gasteiger partial charge in [0.2, 0.25) is 0 Å². The van der Waals surface area contributed by atoms with Crippen LogP contribution >= 0.6 is 23.2 Å². The van der Waals surface area contributed by atoms with Crippen LogP contribution in [0.15, 0.2) is 36.8 Å². The molecule has 0 aliphatic heterocycles. The van der Waals surface area contributed by atoms with Crippen LogP contribution in [0.1, 0.15) is 10.4 Å². The largest absolute Gasteiger partial charge is 0.343 e. The van der Waals surface area contributed by atoms with E-state index in [1.807, 2.05) is 0 Å². The van der Waals surface area contributed by atoms with Crippen molar-refractivity contribution in [3.05, 3.63) is 52.4 Å². The van der Waals surface area contributed by atoms with Crippen molar-refractivity contribution >= 4 is 46.0 Å². The van der Waals surface area contributed by atoms with E-state index in [4.69, 9.17) is 23.2 Å². The van der Waals surface area contributed by atoms with Gasteiger partial charge in [0.15, 0.2) is 5.65 Å². The van der Waals surface area contributed by atoms with Crippen LogP contribution in [0.2, 0.25) is 10.0 Å². The van der Waals surface area contributed by atoms with Gasteiger partial charge in [0, 0.05) is 6.20 Å². The van der Waals surface area contributed by atoms with E-state index in [-0.39, 0.29) is 5.91 Å². The number of para-hydroxylation sites is 1. The number of imidazole rings is 1. The predicted octanol–water partition coefficient (Wildman–Crippen LogP) is 3.52. The van der Waals surface area contributed by atoms with Crippen LogP contribution in [0.25, 0.3) is 11.2 Å². The van der Waals surface area contributed by atoms with Gasteiger partial charge in [-0.05, 0) is 18.2 Å². The highest BCUT2D eigenvalue weighted by molar-refractivity contribution is 6.40. The summed E-state index contributed by atoms with van der Waals surface area (Å²) in [6.45, 7) is 0. The molecule has 0 radical (unpaired) electrons. The summed E-state index contributed by atoms with van der Waals surface area (Å²) < 4.78 is 0. The van der Waals surface area contributed by atoms with Gasteiger partial charge in [0.05, 0.1) is 33.1 Å². The average Bonchev–Trinajstić information content (AvgIpc) is 2.90. The topological polar surface area (TPSA) is 70.7 Å². The Bertz CT molecular complexity index is 780. The summed E-state index contributed by atoms with van der Waals surface area (Å²) in [6, 6.07) is 6.67. The Morgan fingerprint density at radius 1 is 1.20 bits per heavy atom. The van der Waals surface area contributed by atoms with Gasteiger partial charge in [0.1, 0.15) is 0 Å². The van der Waals surface area contributed by atoms with Gasteiger partial charge in [0.25, 0.3) is 5.91 Å². The molecule has 20 heavy (non-hydrogen) atoms. The van der Waals surface area contributed by atoms with Gasteiger partial charge >= 0.3 is 0 Å². The number of benzene rings is 1. The van der Waals surface area contributed by atoms with E-state index < -0.39 is 0 Å². The molecule has 1 amide bonds. The molecule has 1 aromatic carbocycles. The maximum absolute atomic E-state index is 12.2. The average molecular weight is 307 g/mol. The number of rotatable bonds is 2. The maximum Gasteiger partial charge on any atom is 0.257 e. The lowest BCUT2D eigenvalue weighted by atomic mass is 10.2. The Morgan fingerprint density at radius 2 is 1.95 bits per heavy atom.